The second-order valence-electron chi connectivity index (χ2n) is 7.76. The first-order chi connectivity index (χ1) is 13.5. The Bertz CT molecular complexity index is 687. The van der Waals surface area contributed by atoms with Gasteiger partial charge in [-0.3, -0.25) is 0 Å². The average molecular weight is 382 g/mol. The maximum absolute atomic E-state index is 9.23. The van der Waals surface area contributed by atoms with Crippen LogP contribution in [0.1, 0.15) is 69.4 Å². The summed E-state index contributed by atoms with van der Waals surface area (Å²) in [5.41, 5.74) is 4.96. The van der Waals surface area contributed by atoms with E-state index < -0.39 is 7.12 Å². The van der Waals surface area contributed by atoms with Gasteiger partial charge in [-0.05, 0) is 60.1 Å². The highest BCUT2D eigenvalue weighted by atomic mass is 16.5. The highest BCUT2D eigenvalue weighted by Crippen LogP contribution is 2.30. The van der Waals surface area contributed by atoms with Crippen LogP contribution in [-0.4, -0.2) is 23.8 Å². The molecule has 0 amide bonds. The minimum Gasteiger partial charge on any atom is -0.493 e. The largest absolute Gasteiger partial charge is 0.493 e. The number of benzene rings is 2. The third-order valence-electron chi connectivity index (χ3n) is 5.25. The number of hydrogen-bond donors (Lipinski definition) is 2. The summed E-state index contributed by atoms with van der Waals surface area (Å²) >= 11 is 0. The molecule has 0 saturated carbocycles. The van der Waals surface area contributed by atoms with Crippen molar-refractivity contribution < 1.29 is 14.8 Å². The van der Waals surface area contributed by atoms with Crippen LogP contribution in [-0.2, 0) is 0 Å². The molecule has 0 heterocycles. The van der Waals surface area contributed by atoms with Crippen molar-refractivity contribution in [2.45, 2.75) is 72.1 Å². The molecule has 0 saturated heterocycles. The summed E-state index contributed by atoms with van der Waals surface area (Å²) in [4.78, 5) is 0. The van der Waals surface area contributed by atoms with Crippen molar-refractivity contribution in [3.8, 4) is 16.9 Å². The molecule has 2 N–H and O–H groups in total. The molecule has 152 valence electrons. The van der Waals surface area contributed by atoms with Crippen molar-refractivity contribution in [2.24, 2.45) is 0 Å². The van der Waals surface area contributed by atoms with Crippen molar-refractivity contribution in [1.29, 1.82) is 0 Å². The van der Waals surface area contributed by atoms with Crippen molar-refractivity contribution in [3.05, 3.63) is 47.5 Å². The van der Waals surface area contributed by atoms with Gasteiger partial charge in [0.25, 0.3) is 0 Å². The van der Waals surface area contributed by atoms with E-state index in [1.165, 1.54) is 44.9 Å². The Morgan fingerprint density at radius 1 is 0.750 bits per heavy atom. The normalized spacial score (nSPS) is 10.9. The smallest absolute Gasteiger partial charge is 0.488 e. The summed E-state index contributed by atoms with van der Waals surface area (Å²) in [5, 5.41) is 18.5. The van der Waals surface area contributed by atoms with Crippen LogP contribution in [0, 0.1) is 13.8 Å². The molecule has 3 nitrogen and oxygen atoms in total. The summed E-state index contributed by atoms with van der Waals surface area (Å²) < 4.78 is 6.09. The van der Waals surface area contributed by atoms with Crippen LogP contribution in [0.5, 0.6) is 5.75 Å². The van der Waals surface area contributed by atoms with E-state index in [0.717, 1.165) is 41.0 Å². The number of hydrogen-bond acceptors (Lipinski definition) is 3. The fraction of sp³-hybridized carbons (Fsp3) is 0.500. The lowest BCUT2D eigenvalue weighted by molar-refractivity contribution is 0.300. The number of unbranched alkanes of at least 4 members (excludes halogenated alkanes) is 7. The zero-order chi connectivity index (χ0) is 20.4. The van der Waals surface area contributed by atoms with Gasteiger partial charge in [0.15, 0.2) is 0 Å². The van der Waals surface area contributed by atoms with Gasteiger partial charge in [-0.1, -0.05) is 76.1 Å². The van der Waals surface area contributed by atoms with Gasteiger partial charge in [-0.2, -0.15) is 0 Å². The fourth-order valence-corrected chi connectivity index (χ4v) is 3.60. The Kier molecular flexibility index (Phi) is 9.59. The van der Waals surface area contributed by atoms with E-state index in [1.54, 1.807) is 12.1 Å². The number of rotatable bonds is 12. The SMILES string of the molecule is CCCCCCCCCCOc1c(C)cc(-c2ccc(B(O)O)cc2)cc1C. The quantitative estimate of drug-likeness (QED) is 0.393. The summed E-state index contributed by atoms with van der Waals surface area (Å²) in [6, 6.07) is 11.6. The topological polar surface area (TPSA) is 49.7 Å². The molecular weight excluding hydrogens is 347 g/mol. The lowest BCUT2D eigenvalue weighted by Gasteiger charge is -2.14. The lowest BCUT2D eigenvalue weighted by atomic mass is 9.80. The number of ether oxygens (including phenoxy) is 1. The third-order valence-corrected chi connectivity index (χ3v) is 5.25. The Balaban J connectivity index is 1.84. The van der Waals surface area contributed by atoms with Crippen LogP contribution >= 0.6 is 0 Å². The molecule has 2 aromatic carbocycles. The lowest BCUT2D eigenvalue weighted by Crippen LogP contribution is -2.29. The molecule has 0 spiro atoms. The standard InChI is InChI=1S/C24H35BO3/c1-4-5-6-7-8-9-10-11-16-28-24-19(2)17-22(18-20(24)3)21-12-14-23(15-13-21)25(26)27/h12-15,17-18,26-27H,4-11,16H2,1-3H3. The maximum atomic E-state index is 9.23. The van der Waals surface area contributed by atoms with Crippen LogP contribution in [0.25, 0.3) is 11.1 Å². The molecule has 0 radical (unpaired) electrons. The van der Waals surface area contributed by atoms with E-state index in [-0.39, 0.29) is 0 Å². The van der Waals surface area contributed by atoms with Gasteiger partial charge in [0.2, 0.25) is 0 Å². The molecule has 0 unspecified atom stereocenters. The van der Waals surface area contributed by atoms with Gasteiger partial charge in [0.05, 0.1) is 6.61 Å². The first kappa shape index (κ1) is 22.5. The average Bonchev–Trinajstić information content (AvgIpc) is 2.68. The van der Waals surface area contributed by atoms with Crippen LogP contribution in [0.15, 0.2) is 36.4 Å². The van der Waals surface area contributed by atoms with Gasteiger partial charge >= 0.3 is 7.12 Å². The Labute approximate surface area is 170 Å². The molecule has 4 heteroatoms. The molecule has 28 heavy (non-hydrogen) atoms. The second kappa shape index (κ2) is 11.9. The van der Waals surface area contributed by atoms with E-state index >= 15 is 0 Å². The van der Waals surface area contributed by atoms with Gasteiger partial charge in [0.1, 0.15) is 5.75 Å². The number of aryl methyl sites for hydroxylation is 2. The Morgan fingerprint density at radius 2 is 1.29 bits per heavy atom. The van der Waals surface area contributed by atoms with E-state index in [1.807, 2.05) is 12.1 Å². The molecule has 2 aromatic rings. The summed E-state index contributed by atoms with van der Waals surface area (Å²) in [5.74, 6) is 0.995. The van der Waals surface area contributed by atoms with Gasteiger partial charge in [0, 0.05) is 0 Å². The zero-order valence-corrected chi connectivity index (χ0v) is 17.7. The van der Waals surface area contributed by atoms with Gasteiger partial charge < -0.3 is 14.8 Å². The first-order valence-corrected chi connectivity index (χ1v) is 10.7. The van der Waals surface area contributed by atoms with Crippen LogP contribution in [0.2, 0.25) is 0 Å². The minimum absolute atomic E-state index is 0.502. The summed E-state index contributed by atoms with van der Waals surface area (Å²) in [6.45, 7) is 7.21. The molecule has 0 fully saturated rings. The summed E-state index contributed by atoms with van der Waals surface area (Å²) in [6.07, 6.45) is 10.4. The van der Waals surface area contributed by atoms with Crippen LogP contribution in [0.3, 0.4) is 0 Å². The van der Waals surface area contributed by atoms with Crippen molar-refractivity contribution in [2.75, 3.05) is 6.61 Å². The highest BCUT2D eigenvalue weighted by Gasteiger charge is 2.12. The molecule has 0 atom stereocenters. The van der Waals surface area contributed by atoms with Gasteiger partial charge in [-0.25, -0.2) is 0 Å². The molecule has 0 aromatic heterocycles. The third kappa shape index (κ3) is 6.99. The predicted molar refractivity (Wildman–Crippen MR) is 119 cm³/mol. The highest BCUT2D eigenvalue weighted by molar-refractivity contribution is 6.58. The minimum atomic E-state index is -1.43. The van der Waals surface area contributed by atoms with Gasteiger partial charge in [-0.15, -0.1) is 0 Å². The van der Waals surface area contributed by atoms with Crippen molar-refractivity contribution >= 4 is 12.6 Å². The van der Waals surface area contributed by atoms with Crippen LogP contribution < -0.4 is 10.2 Å². The molecule has 0 aliphatic carbocycles. The molecular formula is C24H35BO3. The molecule has 2 rings (SSSR count). The summed E-state index contributed by atoms with van der Waals surface area (Å²) in [7, 11) is -1.43. The molecule has 0 aliphatic heterocycles. The first-order valence-electron chi connectivity index (χ1n) is 10.7. The monoisotopic (exact) mass is 382 g/mol. The zero-order valence-electron chi connectivity index (χ0n) is 17.7. The molecule has 0 bridgehead atoms. The van der Waals surface area contributed by atoms with E-state index in [0.29, 0.717) is 5.46 Å². The van der Waals surface area contributed by atoms with E-state index in [9.17, 15) is 10.0 Å². The fourth-order valence-electron chi connectivity index (χ4n) is 3.60. The second-order valence-corrected chi connectivity index (χ2v) is 7.76. The van der Waals surface area contributed by atoms with E-state index in [2.05, 4.69) is 32.9 Å². The van der Waals surface area contributed by atoms with Crippen molar-refractivity contribution in [1.82, 2.24) is 0 Å². The molecule has 0 aliphatic rings. The van der Waals surface area contributed by atoms with E-state index in [4.69, 9.17) is 4.74 Å². The Hall–Kier alpha value is -1.78. The maximum Gasteiger partial charge on any atom is 0.488 e. The van der Waals surface area contributed by atoms with Crippen molar-refractivity contribution in [3.63, 3.8) is 0 Å². The Morgan fingerprint density at radius 3 is 1.82 bits per heavy atom. The predicted octanol–water partition coefficient (Wildman–Crippen LogP) is 5.17. The van der Waals surface area contributed by atoms with Crippen LogP contribution in [0.4, 0.5) is 0 Å².